The Morgan fingerprint density at radius 1 is 1.14 bits per heavy atom. The summed E-state index contributed by atoms with van der Waals surface area (Å²) in [5.41, 5.74) is 2.48. The zero-order valence-corrected chi connectivity index (χ0v) is 20.5. The van der Waals surface area contributed by atoms with Gasteiger partial charge in [-0.1, -0.05) is 35.9 Å². The first-order valence-corrected chi connectivity index (χ1v) is 11.4. The van der Waals surface area contributed by atoms with Gasteiger partial charge in [-0.15, -0.1) is 6.58 Å². The van der Waals surface area contributed by atoms with Gasteiger partial charge in [-0.2, -0.15) is 18.3 Å². The molecule has 0 amide bonds. The molecule has 0 fully saturated rings. The van der Waals surface area contributed by atoms with Gasteiger partial charge in [0.05, 0.1) is 23.3 Å². The second-order valence-corrected chi connectivity index (χ2v) is 8.08. The summed E-state index contributed by atoms with van der Waals surface area (Å²) < 4.78 is 50.6. The quantitative estimate of drug-likeness (QED) is 0.120. The Balaban J connectivity index is 1.89. The first-order valence-electron chi connectivity index (χ1n) is 11.1. The molecule has 0 aliphatic carbocycles. The fourth-order valence-corrected chi connectivity index (χ4v) is 3.58. The van der Waals surface area contributed by atoms with Crippen molar-refractivity contribution in [2.75, 3.05) is 12.0 Å². The maximum Gasteiger partial charge on any atom is 0.416 e. The second-order valence-electron chi connectivity index (χ2n) is 7.67. The average molecular weight is 534 g/mol. The number of hydrazone groups is 1. The molecule has 11 heteroatoms. The zero-order valence-electron chi connectivity index (χ0n) is 19.7. The van der Waals surface area contributed by atoms with Crippen LogP contribution in [-0.2, 0) is 19.2 Å². The third kappa shape index (κ3) is 7.23. The van der Waals surface area contributed by atoms with E-state index in [1.807, 2.05) is 25.1 Å². The number of benzene rings is 3. The van der Waals surface area contributed by atoms with Gasteiger partial charge in [-0.05, 0) is 49.2 Å². The first-order chi connectivity index (χ1) is 17.6. The summed E-state index contributed by atoms with van der Waals surface area (Å²) in [7, 11) is 0. The van der Waals surface area contributed by atoms with Crippen LogP contribution in [0.3, 0.4) is 0 Å². The Labute approximate surface area is 216 Å². The van der Waals surface area contributed by atoms with Crippen molar-refractivity contribution in [3.05, 3.63) is 105 Å². The van der Waals surface area contributed by atoms with E-state index in [4.69, 9.17) is 21.1 Å². The Morgan fingerprint density at radius 3 is 2.54 bits per heavy atom. The van der Waals surface area contributed by atoms with Crippen molar-refractivity contribution < 1.29 is 27.6 Å². The highest BCUT2D eigenvalue weighted by molar-refractivity contribution is 6.31. The molecule has 0 aliphatic heterocycles. The SMILES string of the molecule is C=CCc1cc(/C=N\Nc2ccc(C(F)(F)F)cc2[N+](=O)[O-])cc(OCC)c1OCc1ccccc1Cl. The molecule has 3 aromatic rings. The predicted octanol–water partition coefficient (Wildman–Crippen LogP) is 7.42. The number of hydrogen-bond acceptors (Lipinski definition) is 6. The van der Waals surface area contributed by atoms with Crippen LogP contribution in [0.25, 0.3) is 0 Å². The van der Waals surface area contributed by atoms with Crippen molar-refractivity contribution in [2.24, 2.45) is 5.10 Å². The summed E-state index contributed by atoms with van der Waals surface area (Å²) in [6.45, 7) is 6.15. The molecule has 7 nitrogen and oxygen atoms in total. The van der Waals surface area contributed by atoms with Crippen molar-refractivity contribution in [2.45, 2.75) is 26.1 Å². The molecule has 0 saturated carbocycles. The summed E-state index contributed by atoms with van der Waals surface area (Å²) >= 11 is 6.24. The lowest BCUT2D eigenvalue weighted by molar-refractivity contribution is -0.384. The highest BCUT2D eigenvalue weighted by atomic mass is 35.5. The molecule has 1 N–H and O–H groups in total. The van der Waals surface area contributed by atoms with Gasteiger partial charge in [0.25, 0.3) is 5.69 Å². The van der Waals surface area contributed by atoms with Gasteiger partial charge in [0.2, 0.25) is 0 Å². The number of nitrogens with one attached hydrogen (secondary N) is 1. The van der Waals surface area contributed by atoms with E-state index in [2.05, 4.69) is 17.1 Å². The lowest BCUT2D eigenvalue weighted by Crippen LogP contribution is -2.07. The number of anilines is 1. The van der Waals surface area contributed by atoms with Crippen molar-refractivity contribution in [1.29, 1.82) is 0 Å². The molecule has 0 saturated heterocycles. The molecule has 0 atom stereocenters. The number of nitro groups is 1. The number of nitrogens with zero attached hydrogens (tertiary/aromatic N) is 2. The Morgan fingerprint density at radius 2 is 1.89 bits per heavy atom. The van der Waals surface area contributed by atoms with Crippen LogP contribution >= 0.6 is 11.6 Å². The molecular weight excluding hydrogens is 511 g/mol. The molecule has 0 aromatic heterocycles. The lowest BCUT2D eigenvalue weighted by Gasteiger charge is -2.17. The number of hydrogen-bond donors (Lipinski definition) is 1. The molecule has 0 radical (unpaired) electrons. The van der Waals surface area contributed by atoms with Crippen LogP contribution in [0.4, 0.5) is 24.5 Å². The predicted molar refractivity (Wildman–Crippen MR) is 137 cm³/mol. The van der Waals surface area contributed by atoms with Gasteiger partial charge < -0.3 is 9.47 Å². The summed E-state index contributed by atoms with van der Waals surface area (Å²) in [4.78, 5) is 10.4. The number of nitro benzene ring substituents is 1. The Hall–Kier alpha value is -4.05. The molecule has 0 bridgehead atoms. The van der Waals surface area contributed by atoms with E-state index < -0.39 is 22.4 Å². The van der Waals surface area contributed by atoms with E-state index in [0.29, 0.717) is 41.2 Å². The van der Waals surface area contributed by atoms with Crippen molar-refractivity contribution in [1.82, 2.24) is 0 Å². The van der Waals surface area contributed by atoms with E-state index in [-0.39, 0.29) is 12.3 Å². The van der Waals surface area contributed by atoms with E-state index in [0.717, 1.165) is 23.3 Å². The minimum atomic E-state index is -4.71. The molecule has 37 heavy (non-hydrogen) atoms. The monoisotopic (exact) mass is 533 g/mol. The molecule has 3 aromatic carbocycles. The molecule has 0 spiro atoms. The fraction of sp³-hybridized carbons (Fsp3) is 0.192. The fourth-order valence-electron chi connectivity index (χ4n) is 3.39. The van der Waals surface area contributed by atoms with Crippen LogP contribution in [0.2, 0.25) is 5.02 Å². The average Bonchev–Trinajstić information content (AvgIpc) is 2.84. The maximum absolute atomic E-state index is 12.9. The molecular formula is C26H23ClF3N3O4. The van der Waals surface area contributed by atoms with E-state index in [9.17, 15) is 23.3 Å². The van der Waals surface area contributed by atoms with Gasteiger partial charge >= 0.3 is 6.18 Å². The van der Waals surface area contributed by atoms with Crippen LogP contribution in [0.1, 0.15) is 29.2 Å². The standard InChI is InChI=1S/C26H23ClF3N3O4/c1-3-7-18-12-17(13-24(36-4-2)25(18)37-16-19-8-5-6-9-21(19)27)15-31-32-22-11-10-20(26(28,29)30)14-23(22)33(34)35/h3,5-6,8-15,32H,1,4,7,16H2,2H3/b31-15-. The number of allylic oxidation sites excluding steroid dienone is 1. The third-order valence-corrected chi connectivity index (χ3v) is 5.44. The van der Waals surface area contributed by atoms with Gasteiger partial charge in [0.1, 0.15) is 12.3 Å². The molecule has 0 heterocycles. The van der Waals surface area contributed by atoms with Crippen LogP contribution in [-0.4, -0.2) is 17.7 Å². The topological polar surface area (TPSA) is 86.0 Å². The highest BCUT2D eigenvalue weighted by Crippen LogP contribution is 2.36. The van der Waals surface area contributed by atoms with Gasteiger partial charge in [-0.25, -0.2) is 0 Å². The van der Waals surface area contributed by atoms with Crippen molar-refractivity contribution in [3.63, 3.8) is 0 Å². The largest absolute Gasteiger partial charge is 0.490 e. The molecule has 0 aliphatic rings. The van der Waals surface area contributed by atoms with Crippen molar-refractivity contribution in [3.8, 4) is 11.5 Å². The summed E-state index contributed by atoms with van der Waals surface area (Å²) in [5.74, 6) is 0.945. The zero-order chi connectivity index (χ0) is 27.0. The normalized spacial score (nSPS) is 11.4. The number of halogens is 4. The van der Waals surface area contributed by atoms with Crippen LogP contribution in [0, 0.1) is 10.1 Å². The van der Waals surface area contributed by atoms with E-state index >= 15 is 0 Å². The van der Waals surface area contributed by atoms with Gasteiger partial charge in [0.15, 0.2) is 11.5 Å². The molecule has 194 valence electrons. The van der Waals surface area contributed by atoms with Gasteiger partial charge in [-0.3, -0.25) is 15.5 Å². The smallest absolute Gasteiger partial charge is 0.416 e. The van der Waals surface area contributed by atoms with E-state index in [1.54, 1.807) is 24.3 Å². The van der Waals surface area contributed by atoms with Crippen molar-refractivity contribution >= 4 is 29.2 Å². The molecule has 3 rings (SSSR count). The third-order valence-electron chi connectivity index (χ3n) is 5.07. The highest BCUT2D eigenvalue weighted by Gasteiger charge is 2.33. The summed E-state index contributed by atoms with van der Waals surface area (Å²) in [6, 6.07) is 12.9. The number of alkyl halides is 3. The van der Waals surface area contributed by atoms with Crippen LogP contribution in [0.15, 0.2) is 72.4 Å². The second kappa shape index (κ2) is 12.3. The van der Waals surface area contributed by atoms with Crippen LogP contribution < -0.4 is 14.9 Å². The van der Waals surface area contributed by atoms with Crippen LogP contribution in [0.5, 0.6) is 11.5 Å². The summed E-state index contributed by atoms with van der Waals surface area (Å²) in [5, 5.41) is 15.8. The molecule has 0 unspecified atom stereocenters. The Bertz CT molecular complexity index is 1310. The summed E-state index contributed by atoms with van der Waals surface area (Å²) in [6.07, 6.45) is -1.20. The minimum Gasteiger partial charge on any atom is -0.490 e. The maximum atomic E-state index is 12.9. The Kier molecular flexibility index (Phi) is 9.13. The number of rotatable bonds is 11. The number of ether oxygens (including phenoxy) is 2. The minimum absolute atomic E-state index is 0.190. The first kappa shape index (κ1) is 27.5. The van der Waals surface area contributed by atoms with E-state index in [1.165, 1.54) is 6.21 Å². The van der Waals surface area contributed by atoms with Gasteiger partial charge in [0, 0.05) is 22.2 Å². The lowest BCUT2D eigenvalue weighted by atomic mass is 10.1.